The molecule has 14 rings (SSSR count). The van der Waals surface area contributed by atoms with E-state index in [0.29, 0.717) is 16.8 Å². The van der Waals surface area contributed by atoms with Gasteiger partial charge in [-0.3, -0.25) is 0 Å². The molecule has 0 aliphatic carbocycles. The Hall–Kier alpha value is -8.08. The zero-order valence-electron chi connectivity index (χ0n) is 46.2. The molecule has 10 aromatic carbocycles. The molecule has 0 bridgehead atoms. The number of para-hydroxylation sites is 3. The molecule has 0 saturated heterocycles. The van der Waals surface area contributed by atoms with E-state index in [4.69, 9.17) is 15.0 Å². The largest absolute Gasteiger partial charge is 0.417 e. The molecule has 0 unspecified atom stereocenters. The van der Waals surface area contributed by atoms with E-state index in [1.165, 1.54) is 40.7 Å². The highest BCUT2D eigenvalue weighted by Crippen LogP contribution is 2.49. The lowest BCUT2D eigenvalue weighted by Crippen LogP contribution is -2.61. The van der Waals surface area contributed by atoms with E-state index < -0.39 is 11.7 Å². The summed E-state index contributed by atoms with van der Waals surface area (Å²) in [6.07, 6.45) is 1.61. The van der Waals surface area contributed by atoms with E-state index in [9.17, 15) is 0 Å². The van der Waals surface area contributed by atoms with Gasteiger partial charge in [-0.15, -0.1) is 0 Å². The second-order valence-corrected chi connectivity index (χ2v) is 24.3. The SMILES string of the molecule is CCCCc1cc(I)cc(N2c3ccccc3B3c4ccccc4N(c4cc(I)cc(CCCC)c4)c4cc(-c5ccc6c(c5)c5ccccc5n6-c5cccc(C(F)(F)F)c5-c5nc(-c6ccccc6)nc(-c6ccccc6)n5)cc2c43)c1. The molecular weight excluding hydrogens is 1270 g/mol. The predicted octanol–water partition coefficient (Wildman–Crippen LogP) is 18.6. The molecular formula is C72H54BF3I2N6. The molecule has 0 atom stereocenters. The number of unbranched alkanes of at least 4 members (excludes halogenated alkanes) is 2. The zero-order chi connectivity index (χ0) is 57.2. The van der Waals surface area contributed by atoms with Crippen LogP contribution in [0.3, 0.4) is 0 Å². The second kappa shape index (κ2) is 22.2. The third-order valence-corrected chi connectivity index (χ3v) is 17.7. The molecule has 6 nitrogen and oxygen atoms in total. The summed E-state index contributed by atoms with van der Waals surface area (Å²) in [5.74, 6) is 0.459. The van der Waals surface area contributed by atoms with E-state index in [0.717, 1.165) is 112 Å². The van der Waals surface area contributed by atoms with Crippen LogP contribution < -0.4 is 26.2 Å². The van der Waals surface area contributed by atoms with Gasteiger partial charge in [-0.05, 0) is 201 Å². The molecule has 0 N–H and O–H groups in total. The summed E-state index contributed by atoms with van der Waals surface area (Å²) in [5.41, 5.74) is 17.1. The molecule has 0 amide bonds. The summed E-state index contributed by atoms with van der Waals surface area (Å²) in [6, 6.07) is 74.0. The lowest BCUT2D eigenvalue weighted by atomic mass is 9.33. The first-order valence-electron chi connectivity index (χ1n) is 28.7. The van der Waals surface area contributed by atoms with Crippen molar-refractivity contribution in [3.8, 4) is 51.0 Å². The predicted molar refractivity (Wildman–Crippen MR) is 358 cm³/mol. The zero-order valence-corrected chi connectivity index (χ0v) is 50.5. The third-order valence-electron chi connectivity index (χ3n) is 16.4. The van der Waals surface area contributed by atoms with Crippen LogP contribution in [-0.2, 0) is 19.0 Å². The van der Waals surface area contributed by atoms with Crippen molar-refractivity contribution in [1.82, 2.24) is 19.5 Å². The van der Waals surface area contributed by atoms with Gasteiger partial charge < -0.3 is 14.4 Å². The standard InChI is InChI=1S/C72H54BF3I2N6/c1-3-5-20-45-36-51(77)43-53(38-45)82-62-31-17-14-28-58(62)73-59-29-15-18-32-63(59)83(54-39-46(21-6-4-2)37-52(78)44-54)66-42-50(41-65(82)68(66)73)49-34-35-61-56(40-49)55-26-13-16-30-60(55)84(61)64-33-19-27-57(72(74,75)76)67(64)71-80-69(47-22-9-7-10-23-47)79-70(81-71)48-24-11-8-12-25-48/h7-19,22-44H,3-6,20-21H2,1-2H3. The van der Waals surface area contributed by atoms with Gasteiger partial charge in [0.25, 0.3) is 6.71 Å². The molecule has 0 saturated carbocycles. The normalized spacial score (nSPS) is 12.7. The Kier molecular flexibility index (Phi) is 14.2. The summed E-state index contributed by atoms with van der Waals surface area (Å²) in [7, 11) is 0. The average molecular weight is 1320 g/mol. The minimum absolute atomic E-state index is 0.0623. The van der Waals surface area contributed by atoms with E-state index in [2.05, 4.69) is 190 Å². The highest BCUT2D eigenvalue weighted by Gasteiger charge is 2.44. The van der Waals surface area contributed by atoms with Crippen molar-refractivity contribution in [1.29, 1.82) is 0 Å². The fraction of sp³-hybridized carbons (Fsp3) is 0.125. The van der Waals surface area contributed by atoms with Gasteiger partial charge >= 0.3 is 6.18 Å². The molecule has 2 aliphatic rings. The summed E-state index contributed by atoms with van der Waals surface area (Å²) in [5, 5.41) is 1.78. The topological polar surface area (TPSA) is 50.1 Å². The number of hydrogen-bond donors (Lipinski definition) is 0. The minimum Gasteiger partial charge on any atom is -0.311 e. The average Bonchev–Trinajstić information content (AvgIpc) is 1.09. The first-order chi connectivity index (χ1) is 41.0. The molecule has 12 heteroatoms. The molecule has 2 aromatic heterocycles. The van der Waals surface area contributed by atoms with Gasteiger partial charge in [0.1, 0.15) is 0 Å². The van der Waals surface area contributed by atoms with Crippen molar-refractivity contribution in [3.63, 3.8) is 0 Å². The van der Waals surface area contributed by atoms with Crippen LogP contribution >= 0.6 is 45.2 Å². The van der Waals surface area contributed by atoms with Crippen molar-refractivity contribution >= 4 is 124 Å². The van der Waals surface area contributed by atoms with Crippen molar-refractivity contribution in [2.75, 3.05) is 9.80 Å². The lowest BCUT2D eigenvalue weighted by molar-refractivity contribution is -0.137. The van der Waals surface area contributed by atoms with E-state index in [1.807, 2.05) is 83.4 Å². The smallest absolute Gasteiger partial charge is 0.311 e. The number of aryl methyl sites for hydroxylation is 2. The number of hydrogen-bond acceptors (Lipinski definition) is 5. The van der Waals surface area contributed by atoms with Crippen LogP contribution in [0.2, 0.25) is 0 Å². The van der Waals surface area contributed by atoms with Gasteiger partial charge in [-0.1, -0.05) is 154 Å². The van der Waals surface area contributed by atoms with Crippen LogP contribution in [0.5, 0.6) is 0 Å². The minimum atomic E-state index is -4.76. The number of nitrogens with zero attached hydrogens (tertiary/aromatic N) is 6. The molecule has 0 fully saturated rings. The van der Waals surface area contributed by atoms with Gasteiger partial charge in [0, 0.05) is 63.2 Å². The van der Waals surface area contributed by atoms with E-state index in [1.54, 1.807) is 6.07 Å². The van der Waals surface area contributed by atoms with Gasteiger partial charge in [-0.25, -0.2) is 15.0 Å². The summed E-state index contributed by atoms with van der Waals surface area (Å²) < 4.78 is 51.7. The third kappa shape index (κ3) is 9.64. The maximum atomic E-state index is 15.8. The number of fused-ring (bicyclic) bond motifs is 7. The maximum Gasteiger partial charge on any atom is 0.417 e. The van der Waals surface area contributed by atoms with Crippen molar-refractivity contribution in [2.24, 2.45) is 0 Å². The molecule has 410 valence electrons. The molecule has 84 heavy (non-hydrogen) atoms. The fourth-order valence-corrected chi connectivity index (χ4v) is 14.2. The quantitative estimate of drug-likeness (QED) is 0.0850. The van der Waals surface area contributed by atoms with Crippen molar-refractivity contribution < 1.29 is 13.2 Å². The first kappa shape index (κ1) is 53.9. The van der Waals surface area contributed by atoms with Gasteiger partial charge in [0.15, 0.2) is 17.5 Å². The van der Waals surface area contributed by atoms with Gasteiger partial charge in [0.05, 0.1) is 27.8 Å². The maximum absolute atomic E-state index is 15.8. The lowest BCUT2D eigenvalue weighted by Gasteiger charge is -2.44. The highest BCUT2D eigenvalue weighted by molar-refractivity contribution is 14.1. The molecule has 12 aromatic rings. The van der Waals surface area contributed by atoms with Crippen molar-refractivity contribution in [3.05, 3.63) is 242 Å². The fourth-order valence-electron chi connectivity index (χ4n) is 12.7. The number of rotatable bonds is 13. The van der Waals surface area contributed by atoms with Gasteiger partial charge in [-0.2, -0.15) is 13.2 Å². The Labute approximate surface area is 514 Å². The number of aromatic nitrogens is 4. The Balaban J connectivity index is 1.02. The summed E-state index contributed by atoms with van der Waals surface area (Å²) >= 11 is 4.97. The summed E-state index contributed by atoms with van der Waals surface area (Å²) in [4.78, 5) is 19.6. The number of anilines is 6. The van der Waals surface area contributed by atoms with Crippen LogP contribution in [0.1, 0.15) is 56.2 Å². The Morgan fingerprint density at radius 2 is 0.929 bits per heavy atom. The van der Waals surface area contributed by atoms with E-state index >= 15 is 13.2 Å². The van der Waals surface area contributed by atoms with Crippen LogP contribution in [0.4, 0.5) is 47.3 Å². The number of alkyl halides is 3. The molecule has 2 aliphatic heterocycles. The van der Waals surface area contributed by atoms with Crippen LogP contribution in [-0.4, -0.2) is 26.2 Å². The second-order valence-electron chi connectivity index (χ2n) is 21.8. The van der Waals surface area contributed by atoms with Crippen LogP contribution in [0, 0.1) is 7.14 Å². The highest BCUT2D eigenvalue weighted by atomic mass is 127. The number of benzene rings is 10. The van der Waals surface area contributed by atoms with Gasteiger partial charge in [0.2, 0.25) is 0 Å². The van der Waals surface area contributed by atoms with Crippen LogP contribution in [0.15, 0.2) is 218 Å². The Bertz CT molecular complexity index is 4340. The number of halogens is 5. The van der Waals surface area contributed by atoms with Crippen LogP contribution in [0.25, 0.3) is 72.8 Å². The summed E-state index contributed by atoms with van der Waals surface area (Å²) in [6.45, 7) is 4.43. The Morgan fingerprint density at radius 3 is 1.49 bits per heavy atom. The first-order valence-corrected chi connectivity index (χ1v) is 30.8. The van der Waals surface area contributed by atoms with Crippen molar-refractivity contribution in [2.45, 2.75) is 58.5 Å². The molecule has 4 heterocycles. The molecule has 0 radical (unpaired) electrons. The monoisotopic (exact) mass is 1320 g/mol. The van der Waals surface area contributed by atoms with E-state index in [-0.39, 0.29) is 29.7 Å². The Morgan fingerprint density at radius 1 is 0.429 bits per heavy atom. The molecule has 0 spiro atoms.